The highest BCUT2D eigenvalue weighted by Gasteiger charge is 2.51. The predicted molar refractivity (Wildman–Crippen MR) is 41.3 cm³/mol. The Hall–Kier alpha value is -0.120. The molecule has 66 valence electrons. The van der Waals surface area contributed by atoms with Crippen LogP contribution in [0.4, 0.5) is 0 Å². The lowest BCUT2D eigenvalue weighted by atomic mass is 9.86. The number of hydrogen-bond acceptors (Lipinski definition) is 3. The molecule has 0 aliphatic carbocycles. The van der Waals surface area contributed by atoms with Crippen LogP contribution < -0.4 is 0 Å². The molecule has 0 amide bonds. The van der Waals surface area contributed by atoms with E-state index < -0.39 is 5.79 Å². The maximum atomic E-state index is 5.32. The molecule has 0 aromatic carbocycles. The van der Waals surface area contributed by atoms with E-state index in [2.05, 4.69) is 13.8 Å². The fraction of sp³-hybridized carbons (Fsp3) is 1.00. The van der Waals surface area contributed by atoms with Gasteiger partial charge in [0.2, 0.25) is 0 Å². The van der Waals surface area contributed by atoms with E-state index in [-0.39, 0.29) is 5.41 Å². The number of methoxy groups -OCH3 is 2. The monoisotopic (exact) mass is 160 g/mol. The summed E-state index contributed by atoms with van der Waals surface area (Å²) in [6.45, 7) is 5.36. The number of ether oxygens (including phenoxy) is 3. The van der Waals surface area contributed by atoms with Crippen molar-refractivity contribution in [1.82, 2.24) is 0 Å². The van der Waals surface area contributed by atoms with E-state index >= 15 is 0 Å². The average Bonchev–Trinajstić information content (AvgIpc) is 2.26. The first kappa shape index (κ1) is 8.97. The van der Waals surface area contributed by atoms with Crippen LogP contribution >= 0.6 is 0 Å². The van der Waals surface area contributed by atoms with Crippen LogP contribution in [-0.4, -0.2) is 33.2 Å². The quantitative estimate of drug-likeness (QED) is 0.565. The van der Waals surface area contributed by atoms with Gasteiger partial charge in [-0.05, 0) is 0 Å². The van der Waals surface area contributed by atoms with Crippen LogP contribution in [0.1, 0.15) is 13.8 Å². The van der Waals surface area contributed by atoms with Gasteiger partial charge in [-0.3, -0.25) is 0 Å². The molecule has 0 aromatic heterocycles. The second kappa shape index (κ2) is 2.73. The summed E-state index contributed by atoms with van der Waals surface area (Å²) < 4.78 is 15.9. The molecule has 0 unspecified atom stereocenters. The van der Waals surface area contributed by atoms with Gasteiger partial charge < -0.3 is 14.2 Å². The molecule has 0 spiro atoms. The topological polar surface area (TPSA) is 27.7 Å². The molecule has 1 fully saturated rings. The van der Waals surface area contributed by atoms with Gasteiger partial charge in [0.1, 0.15) is 6.61 Å². The lowest BCUT2D eigenvalue weighted by Crippen LogP contribution is -2.47. The van der Waals surface area contributed by atoms with E-state index in [1.165, 1.54) is 0 Å². The molecule has 1 heterocycles. The molecular weight excluding hydrogens is 144 g/mol. The molecule has 3 nitrogen and oxygen atoms in total. The molecule has 0 radical (unpaired) electrons. The molecule has 1 saturated heterocycles. The molecule has 0 bridgehead atoms. The summed E-state index contributed by atoms with van der Waals surface area (Å²) in [4.78, 5) is 0. The fourth-order valence-electron chi connectivity index (χ4n) is 1.50. The van der Waals surface area contributed by atoms with Gasteiger partial charge >= 0.3 is 0 Å². The van der Waals surface area contributed by atoms with Crippen molar-refractivity contribution >= 4 is 0 Å². The van der Waals surface area contributed by atoms with Crippen molar-refractivity contribution in [3.63, 3.8) is 0 Å². The zero-order valence-electron chi connectivity index (χ0n) is 7.64. The first-order chi connectivity index (χ1) is 5.08. The van der Waals surface area contributed by atoms with Crippen molar-refractivity contribution in [2.45, 2.75) is 19.6 Å². The Morgan fingerprint density at radius 3 is 1.82 bits per heavy atom. The molecule has 1 rings (SSSR count). The first-order valence-electron chi connectivity index (χ1n) is 3.76. The largest absolute Gasteiger partial charge is 0.375 e. The summed E-state index contributed by atoms with van der Waals surface area (Å²) in [5.41, 5.74) is -0.0590. The Labute approximate surface area is 67.6 Å². The van der Waals surface area contributed by atoms with Crippen molar-refractivity contribution in [3.05, 3.63) is 0 Å². The van der Waals surface area contributed by atoms with Gasteiger partial charge in [0, 0.05) is 19.6 Å². The van der Waals surface area contributed by atoms with Crippen LogP contribution in [0.15, 0.2) is 0 Å². The van der Waals surface area contributed by atoms with Crippen molar-refractivity contribution in [2.24, 2.45) is 5.41 Å². The second-order valence-electron chi connectivity index (χ2n) is 3.54. The smallest absolute Gasteiger partial charge is 0.198 e. The maximum Gasteiger partial charge on any atom is 0.198 e. The average molecular weight is 160 g/mol. The molecule has 0 atom stereocenters. The molecular formula is C8H16O3. The minimum Gasteiger partial charge on any atom is -0.375 e. The summed E-state index contributed by atoms with van der Waals surface area (Å²) in [5.74, 6) is -0.549. The molecule has 0 saturated carbocycles. The van der Waals surface area contributed by atoms with Crippen molar-refractivity contribution in [2.75, 3.05) is 27.4 Å². The van der Waals surface area contributed by atoms with Crippen molar-refractivity contribution < 1.29 is 14.2 Å². The standard InChI is InChI=1S/C8H16O3/c1-7(2)5-11-6-8(7,9-3)10-4/h5-6H2,1-4H3. The third-order valence-corrected chi connectivity index (χ3v) is 2.45. The van der Waals surface area contributed by atoms with Gasteiger partial charge in [-0.15, -0.1) is 0 Å². The minimum absolute atomic E-state index is 0.0590. The molecule has 1 aliphatic rings. The fourth-order valence-corrected chi connectivity index (χ4v) is 1.50. The van der Waals surface area contributed by atoms with Gasteiger partial charge in [-0.1, -0.05) is 13.8 Å². The van der Waals surface area contributed by atoms with Crippen molar-refractivity contribution in [3.8, 4) is 0 Å². The number of rotatable bonds is 2. The summed E-state index contributed by atoms with van der Waals surface area (Å²) in [6.07, 6.45) is 0. The lowest BCUT2D eigenvalue weighted by molar-refractivity contribution is -0.247. The minimum atomic E-state index is -0.549. The third-order valence-electron chi connectivity index (χ3n) is 2.45. The highest BCUT2D eigenvalue weighted by molar-refractivity contribution is 4.91. The normalized spacial score (nSPS) is 27.3. The summed E-state index contributed by atoms with van der Waals surface area (Å²) >= 11 is 0. The second-order valence-corrected chi connectivity index (χ2v) is 3.54. The van der Waals surface area contributed by atoms with Crippen LogP contribution in [0.2, 0.25) is 0 Å². The Morgan fingerprint density at radius 2 is 1.64 bits per heavy atom. The van der Waals surface area contributed by atoms with Crippen molar-refractivity contribution in [1.29, 1.82) is 0 Å². The van der Waals surface area contributed by atoms with E-state index in [4.69, 9.17) is 14.2 Å². The molecule has 0 aromatic rings. The van der Waals surface area contributed by atoms with Crippen LogP contribution in [0.25, 0.3) is 0 Å². The van der Waals surface area contributed by atoms with Gasteiger partial charge in [-0.2, -0.15) is 0 Å². The summed E-state index contributed by atoms with van der Waals surface area (Å²) in [7, 11) is 3.31. The van der Waals surface area contributed by atoms with Gasteiger partial charge in [0.05, 0.1) is 6.61 Å². The molecule has 11 heavy (non-hydrogen) atoms. The van der Waals surface area contributed by atoms with E-state index in [9.17, 15) is 0 Å². The Morgan fingerprint density at radius 1 is 1.09 bits per heavy atom. The Balaban J connectivity index is 2.81. The molecule has 1 aliphatic heterocycles. The van der Waals surface area contributed by atoms with E-state index in [1.807, 2.05) is 0 Å². The number of hydrogen-bond donors (Lipinski definition) is 0. The summed E-state index contributed by atoms with van der Waals surface area (Å²) in [6, 6.07) is 0. The van der Waals surface area contributed by atoms with Gasteiger partial charge in [0.25, 0.3) is 0 Å². The van der Waals surface area contributed by atoms with Crippen LogP contribution in [-0.2, 0) is 14.2 Å². The maximum absolute atomic E-state index is 5.32. The van der Waals surface area contributed by atoms with E-state index in [1.54, 1.807) is 14.2 Å². The first-order valence-corrected chi connectivity index (χ1v) is 3.76. The van der Waals surface area contributed by atoms with Crippen LogP contribution in [0, 0.1) is 5.41 Å². The zero-order valence-corrected chi connectivity index (χ0v) is 7.64. The highest BCUT2D eigenvalue weighted by Crippen LogP contribution is 2.39. The van der Waals surface area contributed by atoms with Crippen LogP contribution in [0.3, 0.4) is 0 Å². The van der Waals surface area contributed by atoms with Gasteiger partial charge in [0.15, 0.2) is 5.79 Å². The Bertz CT molecular complexity index is 138. The van der Waals surface area contributed by atoms with E-state index in [0.29, 0.717) is 13.2 Å². The summed E-state index contributed by atoms with van der Waals surface area (Å²) in [5, 5.41) is 0. The third kappa shape index (κ3) is 1.17. The van der Waals surface area contributed by atoms with Gasteiger partial charge in [-0.25, -0.2) is 0 Å². The highest BCUT2D eigenvalue weighted by atomic mass is 16.7. The van der Waals surface area contributed by atoms with E-state index in [0.717, 1.165) is 0 Å². The zero-order chi connectivity index (χ0) is 8.54. The molecule has 3 heteroatoms. The molecule has 0 N–H and O–H groups in total. The Kier molecular flexibility index (Phi) is 2.23. The van der Waals surface area contributed by atoms with Crippen LogP contribution in [0.5, 0.6) is 0 Å². The SMILES string of the molecule is COC1(OC)COCC1(C)C. The predicted octanol–water partition coefficient (Wildman–Crippen LogP) is 1.03. The lowest BCUT2D eigenvalue weighted by Gasteiger charge is -2.36.